The number of rotatable bonds is 7. The number of anilines is 2. The van der Waals surface area contributed by atoms with Crippen LogP contribution >= 0.6 is 0 Å². The minimum absolute atomic E-state index is 0.238. The molecular formula is C27H26N2O3. The van der Waals surface area contributed by atoms with E-state index in [4.69, 9.17) is 4.74 Å². The smallest absolute Gasteiger partial charge is 0.340 e. The van der Waals surface area contributed by atoms with Crippen LogP contribution in [0.2, 0.25) is 0 Å². The van der Waals surface area contributed by atoms with Crippen LogP contribution in [0.25, 0.3) is 10.9 Å². The van der Waals surface area contributed by atoms with E-state index in [-0.39, 0.29) is 12.4 Å². The van der Waals surface area contributed by atoms with Crippen molar-refractivity contribution >= 4 is 34.0 Å². The number of Topliss-reactive ketones (excluding diaryl/α,β-unsaturated/α-hetero) is 1. The molecule has 32 heavy (non-hydrogen) atoms. The second-order valence-corrected chi connectivity index (χ2v) is 7.81. The number of para-hydroxylation sites is 2. The number of carbonyl (C=O) groups excluding carboxylic acids is 2. The zero-order valence-corrected chi connectivity index (χ0v) is 18.5. The molecule has 0 aliphatic carbocycles. The number of ketones is 1. The highest BCUT2D eigenvalue weighted by Gasteiger charge is 2.18. The Labute approximate surface area is 187 Å². The molecule has 1 aromatic heterocycles. The Bertz CT molecular complexity index is 1300. The van der Waals surface area contributed by atoms with Crippen LogP contribution < -0.4 is 5.32 Å². The van der Waals surface area contributed by atoms with E-state index in [1.807, 2.05) is 62.4 Å². The lowest BCUT2D eigenvalue weighted by molar-refractivity contribution is 0.0476. The summed E-state index contributed by atoms with van der Waals surface area (Å²) in [5.74, 6) is -0.779. The lowest BCUT2D eigenvalue weighted by atomic mass is 10.1. The molecule has 0 unspecified atom stereocenters. The first-order valence-corrected chi connectivity index (χ1v) is 10.7. The average Bonchev–Trinajstić information content (AvgIpc) is 3.25. The summed E-state index contributed by atoms with van der Waals surface area (Å²) in [6.45, 7) is 5.82. The summed E-state index contributed by atoms with van der Waals surface area (Å²) in [6, 6.07) is 19.0. The lowest BCUT2D eigenvalue weighted by Gasteiger charge is -2.14. The van der Waals surface area contributed by atoms with Gasteiger partial charge in [0.05, 0.1) is 11.3 Å². The average molecular weight is 427 g/mol. The van der Waals surface area contributed by atoms with Gasteiger partial charge in [-0.2, -0.15) is 0 Å². The van der Waals surface area contributed by atoms with Crippen LogP contribution in [0.3, 0.4) is 0 Å². The number of H-pyrrole nitrogens is 1. The third kappa shape index (κ3) is 4.14. The van der Waals surface area contributed by atoms with Gasteiger partial charge in [0.15, 0.2) is 6.61 Å². The van der Waals surface area contributed by atoms with Crippen LogP contribution in [-0.4, -0.2) is 23.3 Å². The summed E-state index contributed by atoms with van der Waals surface area (Å²) in [5, 5.41) is 4.17. The van der Waals surface area contributed by atoms with Gasteiger partial charge >= 0.3 is 5.97 Å². The van der Waals surface area contributed by atoms with Gasteiger partial charge in [0.2, 0.25) is 5.78 Å². The highest BCUT2D eigenvalue weighted by molar-refractivity contribution is 6.10. The molecule has 0 bridgehead atoms. The van der Waals surface area contributed by atoms with Crippen molar-refractivity contribution in [2.45, 2.75) is 27.2 Å². The largest absolute Gasteiger partial charge is 0.454 e. The Morgan fingerprint density at radius 1 is 0.906 bits per heavy atom. The predicted octanol–water partition coefficient (Wildman–Crippen LogP) is 6.13. The molecule has 4 rings (SSSR count). The lowest BCUT2D eigenvalue weighted by Crippen LogP contribution is -2.15. The summed E-state index contributed by atoms with van der Waals surface area (Å²) in [7, 11) is 0. The molecule has 0 saturated heterocycles. The zero-order valence-electron chi connectivity index (χ0n) is 18.5. The topological polar surface area (TPSA) is 71.2 Å². The molecule has 5 heteroatoms. The van der Waals surface area contributed by atoms with Crippen molar-refractivity contribution in [3.63, 3.8) is 0 Å². The highest BCUT2D eigenvalue weighted by Crippen LogP contribution is 2.26. The minimum atomic E-state index is -0.541. The van der Waals surface area contributed by atoms with Gasteiger partial charge in [-0.15, -0.1) is 0 Å². The number of esters is 1. The third-order valence-corrected chi connectivity index (χ3v) is 5.84. The van der Waals surface area contributed by atoms with Gasteiger partial charge in [-0.05, 0) is 55.2 Å². The Morgan fingerprint density at radius 3 is 2.47 bits per heavy atom. The van der Waals surface area contributed by atoms with Crippen molar-refractivity contribution in [2.75, 3.05) is 11.9 Å². The second kappa shape index (κ2) is 9.10. The van der Waals surface area contributed by atoms with Gasteiger partial charge in [0.25, 0.3) is 0 Å². The van der Waals surface area contributed by atoms with Crippen LogP contribution in [0.4, 0.5) is 11.4 Å². The van der Waals surface area contributed by atoms with Crippen LogP contribution in [-0.2, 0) is 11.2 Å². The van der Waals surface area contributed by atoms with E-state index < -0.39 is 5.97 Å². The van der Waals surface area contributed by atoms with E-state index in [0.717, 1.165) is 39.7 Å². The van der Waals surface area contributed by atoms with Gasteiger partial charge in [0.1, 0.15) is 0 Å². The van der Waals surface area contributed by atoms with E-state index in [2.05, 4.69) is 17.2 Å². The van der Waals surface area contributed by atoms with Gasteiger partial charge < -0.3 is 15.0 Å². The summed E-state index contributed by atoms with van der Waals surface area (Å²) >= 11 is 0. The molecule has 0 atom stereocenters. The molecule has 0 spiro atoms. The van der Waals surface area contributed by atoms with Crippen LogP contribution in [0.1, 0.15) is 44.3 Å². The van der Waals surface area contributed by atoms with Crippen molar-refractivity contribution in [2.24, 2.45) is 0 Å². The number of nitrogens with one attached hydrogen (secondary N) is 2. The van der Waals surface area contributed by atoms with Crippen molar-refractivity contribution in [1.29, 1.82) is 0 Å². The van der Waals surface area contributed by atoms with Gasteiger partial charge in [0, 0.05) is 28.4 Å². The van der Waals surface area contributed by atoms with E-state index >= 15 is 0 Å². The Hall–Kier alpha value is -3.86. The first-order chi connectivity index (χ1) is 15.5. The van der Waals surface area contributed by atoms with Crippen LogP contribution in [0, 0.1) is 13.8 Å². The number of hydrogen-bond donors (Lipinski definition) is 2. The number of carbonyl (C=O) groups is 2. The summed E-state index contributed by atoms with van der Waals surface area (Å²) in [6.07, 6.45) is 2.56. The monoisotopic (exact) mass is 426 g/mol. The normalized spacial score (nSPS) is 10.8. The molecule has 0 radical (unpaired) electrons. The van der Waals surface area contributed by atoms with E-state index in [1.165, 1.54) is 0 Å². The van der Waals surface area contributed by atoms with Crippen molar-refractivity contribution < 1.29 is 14.3 Å². The Morgan fingerprint density at radius 2 is 1.66 bits per heavy atom. The number of ether oxygens (including phenoxy) is 1. The number of hydrogen-bond acceptors (Lipinski definition) is 4. The molecule has 0 aliphatic rings. The maximum atomic E-state index is 12.8. The van der Waals surface area contributed by atoms with Gasteiger partial charge in [-0.25, -0.2) is 4.79 Å². The second-order valence-electron chi connectivity index (χ2n) is 7.81. The van der Waals surface area contributed by atoms with Gasteiger partial charge in [-0.1, -0.05) is 49.4 Å². The SMILES string of the molecule is CCc1cccc2c(C(=O)COC(=O)c3ccccc3Nc3cccc(C)c3C)c[nH]c12. The molecule has 0 fully saturated rings. The van der Waals surface area contributed by atoms with Crippen LogP contribution in [0.5, 0.6) is 0 Å². The first kappa shape index (κ1) is 21.4. The predicted molar refractivity (Wildman–Crippen MR) is 128 cm³/mol. The minimum Gasteiger partial charge on any atom is -0.454 e. The third-order valence-electron chi connectivity index (χ3n) is 5.84. The first-order valence-electron chi connectivity index (χ1n) is 10.7. The van der Waals surface area contributed by atoms with Crippen molar-refractivity contribution in [3.8, 4) is 0 Å². The van der Waals surface area contributed by atoms with Gasteiger partial charge in [-0.3, -0.25) is 4.79 Å². The molecule has 2 N–H and O–H groups in total. The maximum Gasteiger partial charge on any atom is 0.340 e. The Balaban J connectivity index is 1.51. The molecule has 1 heterocycles. The molecule has 162 valence electrons. The quantitative estimate of drug-likeness (QED) is 0.275. The standard InChI is InChI=1S/C27H26N2O3/c1-4-19-10-8-12-20-22(15-28-26(19)20)25(30)16-32-27(31)21-11-5-6-13-24(21)29-23-14-7-9-17(2)18(23)3/h5-15,28-29H,4,16H2,1-3H3. The fourth-order valence-corrected chi connectivity index (χ4v) is 3.83. The van der Waals surface area contributed by atoms with E-state index in [9.17, 15) is 9.59 Å². The number of fused-ring (bicyclic) bond motifs is 1. The zero-order chi connectivity index (χ0) is 22.7. The fraction of sp³-hybridized carbons (Fsp3) is 0.185. The Kier molecular flexibility index (Phi) is 6.08. The fourth-order valence-electron chi connectivity index (χ4n) is 3.83. The number of aromatic amines is 1. The maximum absolute atomic E-state index is 12.8. The van der Waals surface area contributed by atoms with E-state index in [0.29, 0.717) is 16.8 Å². The molecule has 4 aromatic rings. The number of benzene rings is 3. The molecular weight excluding hydrogens is 400 g/mol. The summed E-state index contributed by atoms with van der Waals surface area (Å²) < 4.78 is 5.41. The summed E-state index contributed by atoms with van der Waals surface area (Å²) in [4.78, 5) is 28.8. The number of aromatic nitrogens is 1. The highest BCUT2D eigenvalue weighted by atomic mass is 16.5. The molecule has 0 amide bonds. The molecule has 0 saturated carbocycles. The number of aryl methyl sites for hydroxylation is 2. The van der Waals surface area contributed by atoms with Crippen molar-refractivity contribution in [1.82, 2.24) is 4.98 Å². The summed E-state index contributed by atoms with van der Waals surface area (Å²) in [5.41, 5.74) is 6.84. The molecule has 0 aliphatic heterocycles. The van der Waals surface area contributed by atoms with Crippen LogP contribution in [0.15, 0.2) is 66.9 Å². The van der Waals surface area contributed by atoms with E-state index in [1.54, 1.807) is 18.3 Å². The molecule has 5 nitrogen and oxygen atoms in total. The van der Waals surface area contributed by atoms with Crippen molar-refractivity contribution in [3.05, 3.63) is 94.7 Å². The molecule has 3 aromatic carbocycles.